The van der Waals surface area contributed by atoms with Gasteiger partial charge in [-0.3, -0.25) is 4.79 Å². The minimum absolute atomic E-state index is 0.0958. The maximum atomic E-state index is 13.1. The maximum absolute atomic E-state index is 13.1. The van der Waals surface area contributed by atoms with Gasteiger partial charge in [0.1, 0.15) is 0 Å². The molecule has 0 radical (unpaired) electrons. The molecule has 7 rings (SSSR count). The SMILES string of the molecule is O=C(Nc1ccc2c(c1)OCO2)c1ccc2c(c1)[C@@H]1[C@@H]3CC[C@@H](C3)[C@@H]1[C@@H](c1ccccc1)N2. The molecule has 166 valence electrons. The molecule has 2 aliphatic heterocycles. The first kappa shape index (κ1) is 19.0. The van der Waals surface area contributed by atoms with E-state index in [1.165, 1.54) is 36.1 Å². The average molecular weight is 439 g/mol. The van der Waals surface area contributed by atoms with E-state index in [9.17, 15) is 4.79 Å². The van der Waals surface area contributed by atoms with Crippen molar-refractivity contribution in [2.45, 2.75) is 31.2 Å². The van der Waals surface area contributed by atoms with Crippen LogP contribution in [0.5, 0.6) is 11.5 Å². The molecule has 0 saturated heterocycles. The zero-order chi connectivity index (χ0) is 21.9. The number of carbonyl (C=O) groups excluding carboxylic acids is 1. The van der Waals surface area contributed by atoms with E-state index in [1.54, 1.807) is 0 Å². The third-order valence-electron chi connectivity index (χ3n) is 8.14. The lowest BCUT2D eigenvalue weighted by molar-refractivity contribution is 0.102. The number of nitrogens with one attached hydrogen (secondary N) is 2. The largest absolute Gasteiger partial charge is 0.454 e. The molecule has 2 bridgehead atoms. The number of fused-ring (bicyclic) bond motifs is 8. The highest BCUT2D eigenvalue weighted by Gasteiger charge is 2.53. The third kappa shape index (κ3) is 3.02. The van der Waals surface area contributed by atoms with Crippen LogP contribution < -0.4 is 20.1 Å². The van der Waals surface area contributed by atoms with Crippen LogP contribution in [0, 0.1) is 17.8 Å². The Labute approximate surface area is 193 Å². The normalized spacial score (nSPS) is 28.1. The van der Waals surface area contributed by atoms with Gasteiger partial charge >= 0.3 is 0 Å². The van der Waals surface area contributed by atoms with Gasteiger partial charge in [-0.1, -0.05) is 30.3 Å². The lowest BCUT2D eigenvalue weighted by atomic mass is 9.68. The quantitative estimate of drug-likeness (QED) is 0.529. The van der Waals surface area contributed by atoms with Crippen molar-refractivity contribution in [1.29, 1.82) is 0 Å². The van der Waals surface area contributed by atoms with Gasteiger partial charge in [-0.15, -0.1) is 0 Å². The predicted molar refractivity (Wildman–Crippen MR) is 127 cm³/mol. The van der Waals surface area contributed by atoms with Crippen LogP contribution in [-0.4, -0.2) is 12.7 Å². The summed E-state index contributed by atoms with van der Waals surface area (Å²) in [5.74, 6) is 3.87. The number of ether oxygens (including phenoxy) is 2. The molecule has 4 aliphatic rings. The highest BCUT2D eigenvalue weighted by molar-refractivity contribution is 6.05. The minimum Gasteiger partial charge on any atom is -0.454 e. The molecule has 2 aliphatic carbocycles. The van der Waals surface area contributed by atoms with Crippen LogP contribution in [0.1, 0.15) is 52.7 Å². The van der Waals surface area contributed by atoms with E-state index < -0.39 is 0 Å². The first-order valence-electron chi connectivity index (χ1n) is 11.9. The summed E-state index contributed by atoms with van der Waals surface area (Å²) in [6, 6.07) is 22.9. The number of anilines is 2. The van der Waals surface area contributed by atoms with E-state index in [0.717, 1.165) is 11.8 Å². The summed E-state index contributed by atoms with van der Waals surface area (Å²) in [7, 11) is 0. The van der Waals surface area contributed by atoms with Gasteiger partial charge in [0.2, 0.25) is 6.79 Å². The van der Waals surface area contributed by atoms with Crippen LogP contribution in [-0.2, 0) is 0 Å². The summed E-state index contributed by atoms with van der Waals surface area (Å²) >= 11 is 0. The highest BCUT2D eigenvalue weighted by atomic mass is 16.7. The topological polar surface area (TPSA) is 59.6 Å². The van der Waals surface area contributed by atoms with Crippen LogP contribution in [0.15, 0.2) is 66.7 Å². The molecular formula is C28H26N2O3. The van der Waals surface area contributed by atoms with Crippen LogP contribution in [0.25, 0.3) is 0 Å². The third-order valence-corrected chi connectivity index (χ3v) is 8.14. The monoisotopic (exact) mass is 438 g/mol. The Kier molecular flexibility index (Phi) is 4.20. The van der Waals surface area contributed by atoms with Gasteiger partial charge in [-0.05, 0) is 84.4 Å². The Balaban J connectivity index is 1.21. The van der Waals surface area contributed by atoms with Crippen molar-refractivity contribution < 1.29 is 14.3 Å². The van der Waals surface area contributed by atoms with Gasteiger partial charge in [-0.25, -0.2) is 0 Å². The first-order chi connectivity index (χ1) is 16.2. The van der Waals surface area contributed by atoms with Gasteiger partial charge in [0.15, 0.2) is 11.5 Å². The smallest absolute Gasteiger partial charge is 0.255 e. The van der Waals surface area contributed by atoms with Crippen molar-refractivity contribution in [3.05, 3.63) is 83.4 Å². The Morgan fingerprint density at radius 2 is 1.76 bits per heavy atom. The van der Waals surface area contributed by atoms with Gasteiger partial charge in [0.25, 0.3) is 5.91 Å². The summed E-state index contributed by atoms with van der Waals surface area (Å²) in [6.45, 7) is 0.221. The Morgan fingerprint density at radius 3 is 2.67 bits per heavy atom. The molecule has 2 saturated carbocycles. The number of amides is 1. The van der Waals surface area contributed by atoms with E-state index in [-0.39, 0.29) is 12.7 Å². The second-order valence-corrected chi connectivity index (χ2v) is 9.79. The number of carbonyl (C=O) groups is 1. The molecule has 0 aromatic heterocycles. The molecule has 1 amide bonds. The average Bonchev–Trinajstić information content (AvgIpc) is 3.60. The van der Waals surface area contributed by atoms with Crippen molar-refractivity contribution in [3.8, 4) is 11.5 Å². The summed E-state index contributed by atoms with van der Waals surface area (Å²) in [5, 5.41) is 6.88. The van der Waals surface area contributed by atoms with Crippen molar-refractivity contribution >= 4 is 17.3 Å². The van der Waals surface area contributed by atoms with Crippen molar-refractivity contribution in [1.82, 2.24) is 0 Å². The molecule has 2 N–H and O–H groups in total. The Morgan fingerprint density at radius 1 is 0.909 bits per heavy atom. The molecule has 5 nitrogen and oxygen atoms in total. The fourth-order valence-electron chi connectivity index (χ4n) is 6.80. The van der Waals surface area contributed by atoms with Gasteiger partial charge < -0.3 is 20.1 Å². The van der Waals surface area contributed by atoms with Gasteiger partial charge in [0, 0.05) is 23.0 Å². The molecule has 5 heteroatoms. The Bertz CT molecular complexity index is 1240. The lowest BCUT2D eigenvalue weighted by Crippen LogP contribution is -2.35. The predicted octanol–water partition coefficient (Wildman–Crippen LogP) is 5.96. The zero-order valence-corrected chi connectivity index (χ0v) is 18.3. The molecule has 3 aromatic carbocycles. The molecular weight excluding hydrogens is 412 g/mol. The van der Waals surface area contributed by atoms with Gasteiger partial charge in [0.05, 0.1) is 6.04 Å². The fourth-order valence-corrected chi connectivity index (χ4v) is 6.80. The van der Waals surface area contributed by atoms with Gasteiger partial charge in [-0.2, -0.15) is 0 Å². The molecule has 2 fully saturated rings. The Hall–Kier alpha value is -3.47. The highest BCUT2D eigenvalue weighted by Crippen LogP contribution is 2.63. The van der Waals surface area contributed by atoms with Crippen LogP contribution in [0.3, 0.4) is 0 Å². The molecule has 2 heterocycles. The number of rotatable bonds is 3. The van der Waals surface area contributed by atoms with Crippen molar-refractivity contribution in [2.75, 3.05) is 17.4 Å². The van der Waals surface area contributed by atoms with E-state index in [0.29, 0.717) is 40.6 Å². The molecule has 3 aromatic rings. The molecule has 33 heavy (non-hydrogen) atoms. The molecule has 0 spiro atoms. The van der Waals surface area contributed by atoms with E-state index in [1.807, 2.05) is 24.3 Å². The summed E-state index contributed by atoms with van der Waals surface area (Å²) < 4.78 is 10.8. The molecule has 0 unspecified atom stereocenters. The number of benzene rings is 3. The summed E-state index contributed by atoms with van der Waals surface area (Å²) in [5.41, 5.74) is 5.28. The van der Waals surface area contributed by atoms with E-state index in [2.05, 4.69) is 53.1 Å². The summed E-state index contributed by atoms with van der Waals surface area (Å²) in [4.78, 5) is 13.1. The van der Waals surface area contributed by atoms with Crippen LogP contribution >= 0.6 is 0 Å². The fraction of sp³-hybridized carbons (Fsp3) is 0.321. The molecule has 5 atom stereocenters. The van der Waals surface area contributed by atoms with E-state index >= 15 is 0 Å². The lowest BCUT2D eigenvalue weighted by Gasteiger charge is -2.43. The number of hydrogen-bond acceptors (Lipinski definition) is 4. The van der Waals surface area contributed by atoms with E-state index in [4.69, 9.17) is 9.47 Å². The second kappa shape index (κ2) is 7.27. The zero-order valence-electron chi connectivity index (χ0n) is 18.3. The van der Waals surface area contributed by atoms with Crippen LogP contribution in [0.2, 0.25) is 0 Å². The minimum atomic E-state index is -0.0958. The van der Waals surface area contributed by atoms with Crippen molar-refractivity contribution in [2.24, 2.45) is 17.8 Å². The van der Waals surface area contributed by atoms with Crippen molar-refractivity contribution in [3.63, 3.8) is 0 Å². The first-order valence-corrected chi connectivity index (χ1v) is 11.9. The second-order valence-electron chi connectivity index (χ2n) is 9.79. The maximum Gasteiger partial charge on any atom is 0.255 e. The standard InChI is InChI=1S/C28H26N2O3/c31-28(29-20-9-11-23-24(14-20)33-15-32-23)19-8-10-22-21(13-19)25-17-6-7-18(12-17)26(25)27(30-22)16-4-2-1-3-5-16/h1-5,8-11,13-14,17-18,25-27,30H,6-7,12,15H2,(H,29,31)/t17-,18+,25+,26+,27-/m1/s1. The van der Waals surface area contributed by atoms with Crippen LogP contribution in [0.4, 0.5) is 11.4 Å². The summed E-state index contributed by atoms with van der Waals surface area (Å²) in [6.07, 6.45) is 3.95. The number of hydrogen-bond donors (Lipinski definition) is 2.